The molecule has 1 aromatic carbocycles. The Morgan fingerprint density at radius 1 is 0.970 bits per heavy atom. The van der Waals surface area contributed by atoms with Crippen LogP contribution in [0.2, 0.25) is 0 Å². The highest BCUT2D eigenvalue weighted by Gasteiger charge is 2.24. The predicted molar refractivity (Wildman–Crippen MR) is 137 cm³/mol. The summed E-state index contributed by atoms with van der Waals surface area (Å²) in [7, 11) is 0. The van der Waals surface area contributed by atoms with Crippen molar-refractivity contribution in [1.29, 1.82) is 0 Å². The number of hydrogen-bond donors (Lipinski definition) is 2. The second-order valence-electron chi connectivity index (χ2n) is 9.59. The number of benzene rings is 1. The number of hydrogen-bond acceptors (Lipinski definition) is 5. The molecule has 2 saturated heterocycles. The van der Waals surface area contributed by atoms with Crippen molar-refractivity contribution >= 4 is 34.9 Å². The summed E-state index contributed by atoms with van der Waals surface area (Å²) in [5, 5.41) is 6.83. The highest BCUT2D eigenvalue weighted by Crippen LogP contribution is 2.29. The van der Waals surface area contributed by atoms with Crippen molar-refractivity contribution in [3.8, 4) is 0 Å². The van der Waals surface area contributed by atoms with E-state index in [0.29, 0.717) is 29.4 Å². The van der Waals surface area contributed by atoms with Gasteiger partial charge in [0.15, 0.2) is 5.11 Å². The molecule has 0 radical (unpaired) electrons. The van der Waals surface area contributed by atoms with Gasteiger partial charge in [-0.05, 0) is 61.0 Å². The summed E-state index contributed by atoms with van der Waals surface area (Å²) in [5.74, 6) is 3.49. The number of aromatic nitrogens is 2. The van der Waals surface area contributed by atoms with Crippen molar-refractivity contribution in [2.75, 3.05) is 41.3 Å². The largest absolute Gasteiger partial charge is 0.358 e. The van der Waals surface area contributed by atoms with E-state index in [1.54, 1.807) is 12.1 Å². The highest BCUT2D eigenvalue weighted by molar-refractivity contribution is 7.80. The van der Waals surface area contributed by atoms with Gasteiger partial charge < -0.3 is 20.4 Å². The van der Waals surface area contributed by atoms with Crippen molar-refractivity contribution < 1.29 is 4.39 Å². The summed E-state index contributed by atoms with van der Waals surface area (Å²) in [5.41, 5.74) is 0.955. The normalized spacial score (nSPS) is 21.4. The summed E-state index contributed by atoms with van der Waals surface area (Å²) in [6.07, 6.45) is 6.19. The van der Waals surface area contributed by atoms with Gasteiger partial charge in [-0.2, -0.15) is 9.97 Å². The molecule has 3 heterocycles. The van der Waals surface area contributed by atoms with Crippen LogP contribution in [0, 0.1) is 17.7 Å². The third-order valence-electron chi connectivity index (χ3n) is 6.41. The summed E-state index contributed by atoms with van der Waals surface area (Å²) in [6.45, 7) is 9.19. The minimum absolute atomic E-state index is 0.243. The molecule has 0 amide bonds. The van der Waals surface area contributed by atoms with Crippen molar-refractivity contribution in [3.05, 3.63) is 41.7 Å². The van der Waals surface area contributed by atoms with Gasteiger partial charge in [-0.1, -0.05) is 38.8 Å². The Morgan fingerprint density at radius 2 is 1.58 bits per heavy atom. The van der Waals surface area contributed by atoms with Crippen LogP contribution in [0.25, 0.3) is 0 Å². The molecule has 0 saturated carbocycles. The summed E-state index contributed by atoms with van der Waals surface area (Å²) < 4.78 is 13.1. The first-order valence-electron chi connectivity index (χ1n) is 12.1. The molecule has 178 valence electrons. The van der Waals surface area contributed by atoms with Crippen LogP contribution in [-0.2, 0) is 6.54 Å². The zero-order valence-electron chi connectivity index (χ0n) is 19.7. The zero-order chi connectivity index (χ0) is 23.2. The van der Waals surface area contributed by atoms with Crippen molar-refractivity contribution in [2.24, 2.45) is 11.8 Å². The molecule has 0 spiro atoms. The molecule has 1 aromatic heterocycles. The highest BCUT2D eigenvalue weighted by atomic mass is 32.1. The zero-order valence-corrected chi connectivity index (χ0v) is 20.5. The molecule has 2 atom stereocenters. The predicted octanol–water partition coefficient (Wildman–Crippen LogP) is 4.97. The van der Waals surface area contributed by atoms with Crippen LogP contribution in [-0.4, -0.2) is 41.3 Å². The number of rotatable bonds is 5. The Balaban J connectivity index is 1.51. The molecule has 2 N–H and O–H groups in total. The Labute approximate surface area is 202 Å². The molecule has 6 nitrogen and oxygen atoms in total. The Bertz CT molecular complexity index is 919. The number of nitrogens with one attached hydrogen (secondary N) is 2. The van der Waals surface area contributed by atoms with Gasteiger partial charge in [-0.25, -0.2) is 4.39 Å². The molecule has 0 aliphatic carbocycles. The standard InChI is InChI=1S/C25H35FN6S/c1-18-13-19(2)17-32(16-18)23-14-22(31-11-5-3-4-6-12-31)28-24(29-23)30-25(33)27-15-20-7-9-21(26)10-8-20/h7-10,14,18-19H,3-6,11-13,15-17H2,1-2H3,(H2,27,28,29,30,33)/t18-,19-/m0/s1. The molecule has 2 aliphatic rings. The van der Waals surface area contributed by atoms with E-state index in [1.165, 1.54) is 44.2 Å². The lowest BCUT2D eigenvalue weighted by atomic mass is 9.92. The van der Waals surface area contributed by atoms with E-state index in [1.807, 2.05) is 0 Å². The van der Waals surface area contributed by atoms with Crippen molar-refractivity contribution in [2.45, 2.75) is 52.5 Å². The van der Waals surface area contributed by atoms with Crippen molar-refractivity contribution in [1.82, 2.24) is 15.3 Å². The van der Waals surface area contributed by atoms with Crippen LogP contribution >= 0.6 is 12.2 Å². The molecular formula is C25H35FN6S. The van der Waals surface area contributed by atoms with Crippen LogP contribution in [0.3, 0.4) is 0 Å². The molecule has 0 unspecified atom stereocenters. The van der Waals surface area contributed by atoms with Gasteiger partial charge >= 0.3 is 0 Å². The Hall–Kier alpha value is -2.48. The molecule has 2 aliphatic heterocycles. The fourth-order valence-electron chi connectivity index (χ4n) is 4.88. The minimum atomic E-state index is -0.243. The second-order valence-corrected chi connectivity index (χ2v) is 10.0. The quantitative estimate of drug-likeness (QED) is 0.599. The number of piperidine rings is 1. The number of nitrogens with zero attached hydrogens (tertiary/aromatic N) is 4. The first kappa shape index (κ1) is 23.7. The molecule has 2 fully saturated rings. The lowest BCUT2D eigenvalue weighted by molar-refractivity contribution is 0.355. The average molecular weight is 471 g/mol. The Morgan fingerprint density at radius 3 is 2.21 bits per heavy atom. The maximum Gasteiger partial charge on any atom is 0.232 e. The molecule has 4 rings (SSSR count). The third-order valence-corrected chi connectivity index (χ3v) is 6.66. The van der Waals surface area contributed by atoms with Crippen molar-refractivity contribution in [3.63, 3.8) is 0 Å². The summed E-state index contributed by atoms with van der Waals surface area (Å²) in [6, 6.07) is 8.55. The van der Waals surface area contributed by atoms with E-state index >= 15 is 0 Å². The van der Waals surface area contributed by atoms with Crippen LogP contribution in [0.5, 0.6) is 0 Å². The SMILES string of the molecule is C[C@H]1C[C@H](C)CN(c2cc(N3CCCCCC3)nc(NC(=S)NCc3ccc(F)cc3)n2)C1. The number of halogens is 1. The average Bonchev–Trinajstić information content (AvgIpc) is 3.08. The van der Waals surface area contributed by atoms with E-state index in [2.05, 4.69) is 40.3 Å². The van der Waals surface area contributed by atoms with E-state index < -0.39 is 0 Å². The van der Waals surface area contributed by atoms with Gasteiger partial charge in [0, 0.05) is 38.8 Å². The fraction of sp³-hybridized carbons (Fsp3) is 0.560. The smallest absolute Gasteiger partial charge is 0.232 e. The number of thiocarbonyl (C=S) groups is 1. The van der Waals surface area contributed by atoms with Crippen LogP contribution in [0.15, 0.2) is 30.3 Å². The van der Waals surface area contributed by atoms with Gasteiger partial charge in [0.05, 0.1) is 0 Å². The molecule has 2 aromatic rings. The monoisotopic (exact) mass is 470 g/mol. The van der Waals surface area contributed by atoms with Gasteiger partial charge in [0.1, 0.15) is 17.5 Å². The third kappa shape index (κ3) is 6.76. The van der Waals surface area contributed by atoms with E-state index in [0.717, 1.165) is 43.4 Å². The maximum absolute atomic E-state index is 13.1. The molecule has 0 bridgehead atoms. The maximum atomic E-state index is 13.1. The van der Waals surface area contributed by atoms with Gasteiger partial charge in [-0.3, -0.25) is 0 Å². The van der Waals surface area contributed by atoms with E-state index in [-0.39, 0.29) is 5.82 Å². The van der Waals surface area contributed by atoms with Crippen LogP contribution in [0.1, 0.15) is 51.5 Å². The molecule has 33 heavy (non-hydrogen) atoms. The molecular weight excluding hydrogens is 435 g/mol. The lowest BCUT2D eigenvalue weighted by Crippen LogP contribution is -2.39. The minimum Gasteiger partial charge on any atom is -0.358 e. The summed E-state index contributed by atoms with van der Waals surface area (Å²) >= 11 is 5.52. The second kappa shape index (κ2) is 11.1. The molecule has 8 heteroatoms. The first-order chi connectivity index (χ1) is 16.0. The topological polar surface area (TPSA) is 56.3 Å². The van der Waals surface area contributed by atoms with Crippen LogP contribution in [0.4, 0.5) is 22.0 Å². The van der Waals surface area contributed by atoms with E-state index in [9.17, 15) is 4.39 Å². The van der Waals surface area contributed by atoms with Gasteiger partial charge in [-0.15, -0.1) is 0 Å². The van der Waals surface area contributed by atoms with E-state index in [4.69, 9.17) is 22.2 Å². The lowest BCUT2D eigenvalue weighted by Gasteiger charge is -2.36. The fourth-order valence-corrected chi connectivity index (χ4v) is 5.05. The number of anilines is 3. The summed E-state index contributed by atoms with van der Waals surface area (Å²) in [4.78, 5) is 14.5. The first-order valence-corrected chi connectivity index (χ1v) is 12.6. The Kier molecular flexibility index (Phi) is 7.96. The van der Waals surface area contributed by atoms with Gasteiger partial charge in [0.25, 0.3) is 0 Å². The van der Waals surface area contributed by atoms with Crippen LogP contribution < -0.4 is 20.4 Å². The van der Waals surface area contributed by atoms with Gasteiger partial charge in [0.2, 0.25) is 5.95 Å².